The van der Waals surface area contributed by atoms with Crippen molar-refractivity contribution in [2.24, 2.45) is 5.41 Å². The van der Waals surface area contributed by atoms with Crippen LogP contribution in [-0.2, 0) is 0 Å². The van der Waals surface area contributed by atoms with E-state index in [0.717, 1.165) is 18.8 Å². The molecule has 14 heavy (non-hydrogen) atoms. The van der Waals surface area contributed by atoms with Crippen molar-refractivity contribution in [1.29, 1.82) is 0 Å². The van der Waals surface area contributed by atoms with Crippen LogP contribution >= 0.6 is 0 Å². The predicted octanol–water partition coefficient (Wildman–Crippen LogP) is 1.98. The summed E-state index contributed by atoms with van der Waals surface area (Å²) in [6, 6.07) is 5.43. The largest absolute Gasteiger partial charge is 0.504 e. The molecule has 1 fully saturated rings. The van der Waals surface area contributed by atoms with Gasteiger partial charge >= 0.3 is 0 Å². The maximum atomic E-state index is 9.61. The highest BCUT2D eigenvalue weighted by Crippen LogP contribution is 2.49. The molecule has 3 nitrogen and oxygen atoms in total. The van der Waals surface area contributed by atoms with E-state index in [9.17, 15) is 5.11 Å². The van der Waals surface area contributed by atoms with Crippen LogP contribution < -0.4 is 10.1 Å². The van der Waals surface area contributed by atoms with Crippen LogP contribution in [0.4, 0.5) is 5.69 Å². The summed E-state index contributed by atoms with van der Waals surface area (Å²) in [4.78, 5) is 0. The van der Waals surface area contributed by atoms with Gasteiger partial charge in [-0.05, 0) is 25.0 Å². The minimum absolute atomic E-state index is 0.229. The molecule has 1 aromatic carbocycles. The number of ether oxygens (including phenoxy) is 1. The Kier molecular flexibility index (Phi) is 1.46. The molecule has 2 aliphatic rings. The van der Waals surface area contributed by atoms with Gasteiger partial charge in [0.15, 0.2) is 11.5 Å². The minimum Gasteiger partial charge on any atom is -0.504 e. The Morgan fingerprint density at radius 2 is 2.21 bits per heavy atom. The zero-order valence-corrected chi connectivity index (χ0v) is 7.92. The number of aromatic hydroxyl groups is 1. The van der Waals surface area contributed by atoms with Crippen LogP contribution in [0.3, 0.4) is 0 Å². The lowest BCUT2D eigenvalue weighted by molar-refractivity contribution is 0.242. The molecule has 0 unspecified atom stereocenters. The van der Waals surface area contributed by atoms with Crippen molar-refractivity contribution in [2.45, 2.75) is 12.8 Å². The average molecular weight is 191 g/mol. The lowest BCUT2D eigenvalue weighted by Gasteiger charge is -2.10. The molecular formula is C11H13NO2. The number of hydrogen-bond acceptors (Lipinski definition) is 3. The van der Waals surface area contributed by atoms with Gasteiger partial charge in [-0.2, -0.15) is 0 Å². The summed E-state index contributed by atoms with van der Waals surface area (Å²) in [6.07, 6.45) is 2.46. The third-order valence-corrected chi connectivity index (χ3v) is 3.13. The van der Waals surface area contributed by atoms with E-state index < -0.39 is 0 Å². The Hall–Kier alpha value is -1.38. The van der Waals surface area contributed by atoms with Gasteiger partial charge in [0, 0.05) is 12.0 Å². The fraction of sp³-hybridized carbons (Fsp3) is 0.455. The van der Waals surface area contributed by atoms with Crippen LogP contribution in [0.25, 0.3) is 0 Å². The zero-order chi connectivity index (χ0) is 9.60. The first-order chi connectivity index (χ1) is 6.79. The highest BCUT2D eigenvalue weighted by Gasteiger charge is 2.44. The summed E-state index contributed by atoms with van der Waals surface area (Å²) < 4.78 is 5.64. The quantitative estimate of drug-likeness (QED) is 0.658. The molecule has 0 radical (unpaired) electrons. The molecule has 1 heterocycles. The standard InChI is InChI=1S/C11H13NO2/c13-9-3-1-2-8-10(9)14-7-11(4-5-11)6-12-8/h1-3,12-13H,4-7H2. The van der Waals surface area contributed by atoms with Crippen molar-refractivity contribution in [3.05, 3.63) is 18.2 Å². The highest BCUT2D eigenvalue weighted by atomic mass is 16.5. The van der Waals surface area contributed by atoms with Crippen LogP contribution in [0.1, 0.15) is 12.8 Å². The number of para-hydroxylation sites is 1. The van der Waals surface area contributed by atoms with Crippen molar-refractivity contribution in [3.8, 4) is 11.5 Å². The molecule has 1 spiro atoms. The van der Waals surface area contributed by atoms with Crippen LogP contribution in [0.2, 0.25) is 0 Å². The smallest absolute Gasteiger partial charge is 0.184 e. The van der Waals surface area contributed by atoms with Gasteiger partial charge in [0.2, 0.25) is 0 Å². The number of nitrogens with one attached hydrogen (secondary N) is 1. The molecule has 1 aromatic rings. The van der Waals surface area contributed by atoms with Crippen LogP contribution in [0, 0.1) is 5.41 Å². The second kappa shape index (κ2) is 2.56. The molecule has 0 bridgehead atoms. The molecule has 0 atom stereocenters. The normalized spacial score (nSPS) is 21.7. The van der Waals surface area contributed by atoms with Gasteiger partial charge in [-0.25, -0.2) is 0 Å². The van der Waals surface area contributed by atoms with E-state index >= 15 is 0 Å². The van der Waals surface area contributed by atoms with Gasteiger partial charge in [-0.15, -0.1) is 0 Å². The van der Waals surface area contributed by atoms with E-state index in [1.165, 1.54) is 12.8 Å². The average Bonchev–Trinajstić information content (AvgIpc) is 2.96. The molecule has 0 saturated heterocycles. The number of fused-ring (bicyclic) bond motifs is 1. The number of rotatable bonds is 0. The Morgan fingerprint density at radius 3 is 3.00 bits per heavy atom. The van der Waals surface area contributed by atoms with Crippen LogP contribution in [0.15, 0.2) is 18.2 Å². The third kappa shape index (κ3) is 1.12. The molecule has 0 amide bonds. The van der Waals surface area contributed by atoms with Gasteiger partial charge < -0.3 is 15.2 Å². The molecule has 3 heteroatoms. The van der Waals surface area contributed by atoms with Crippen molar-refractivity contribution in [3.63, 3.8) is 0 Å². The molecule has 3 rings (SSSR count). The Bertz CT molecular complexity index is 372. The van der Waals surface area contributed by atoms with E-state index in [4.69, 9.17) is 4.74 Å². The summed E-state index contributed by atoms with van der Waals surface area (Å²) in [5.74, 6) is 0.837. The second-order valence-corrected chi connectivity index (χ2v) is 4.30. The fourth-order valence-electron chi connectivity index (χ4n) is 1.87. The van der Waals surface area contributed by atoms with E-state index in [2.05, 4.69) is 5.32 Å². The first-order valence-electron chi connectivity index (χ1n) is 4.98. The first kappa shape index (κ1) is 7.97. The van der Waals surface area contributed by atoms with Gasteiger partial charge in [-0.3, -0.25) is 0 Å². The zero-order valence-electron chi connectivity index (χ0n) is 7.92. The van der Waals surface area contributed by atoms with Crippen LogP contribution in [-0.4, -0.2) is 18.3 Å². The summed E-state index contributed by atoms with van der Waals surface area (Å²) in [6.45, 7) is 1.69. The fourth-order valence-corrected chi connectivity index (χ4v) is 1.87. The lowest BCUT2D eigenvalue weighted by Crippen LogP contribution is -2.18. The topological polar surface area (TPSA) is 41.5 Å². The molecular weight excluding hydrogens is 178 g/mol. The third-order valence-electron chi connectivity index (χ3n) is 3.13. The maximum Gasteiger partial charge on any atom is 0.184 e. The Balaban J connectivity index is 1.96. The Labute approximate surface area is 82.7 Å². The SMILES string of the molecule is Oc1cccc2c1OCC1(CC1)CN2. The number of hydrogen-bond donors (Lipinski definition) is 2. The summed E-state index contributed by atoms with van der Waals surface area (Å²) >= 11 is 0. The van der Waals surface area contributed by atoms with E-state index in [1.807, 2.05) is 12.1 Å². The highest BCUT2D eigenvalue weighted by molar-refractivity contribution is 5.63. The van der Waals surface area contributed by atoms with Gasteiger partial charge in [0.1, 0.15) is 0 Å². The van der Waals surface area contributed by atoms with Crippen molar-refractivity contribution >= 4 is 5.69 Å². The van der Waals surface area contributed by atoms with Crippen molar-refractivity contribution in [1.82, 2.24) is 0 Å². The van der Waals surface area contributed by atoms with Gasteiger partial charge in [0.25, 0.3) is 0 Å². The summed E-state index contributed by atoms with van der Waals surface area (Å²) in [5, 5.41) is 12.9. The van der Waals surface area contributed by atoms with E-state index in [0.29, 0.717) is 11.2 Å². The van der Waals surface area contributed by atoms with Crippen molar-refractivity contribution in [2.75, 3.05) is 18.5 Å². The molecule has 1 aliphatic carbocycles. The van der Waals surface area contributed by atoms with Crippen molar-refractivity contribution < 1.29 is 9.84 Å². The molecule has 1 aliphatic heterocycles. The second-order valence-electron chi connectivity index (χ2n) is 4.30. The molecule has 0 aromatic heterocycles. The van der Waals surface area contributed by atoms with Crippen LogP contribution in [0.5, 0.6) is 11.5 Å². The van der Waals surface area contributed by atoms with E-state index in [1.54, 1.807) is 6.07 Å². The predicted molar refractivity (Wildman–Crippen MR) is 53.8 cm³/mol. The summed E-state index contributed by atoms with van der Waals surface area (Å²) in [5.41, 5.74) is 1.25. The maximum absolute atomic E-state index is 9.61. The number of phenolic OH excluding ortho intramolecular Hbond substituents is 1. The number of benzene rings is 1. The Morgan fingerprint density at radius 1 is 1.36 bits per heavy atom. The van der Waals surface area contributed by atoms with Gasteiger partial charge in [0.05, 0.1) is 12.3 Å². The molecule has 74 valence electrons. The molecule has 1 saturated carbocycles. The first-order valence-corrected chi connectivity index (χ1v) is 4.98. The number of anilines is 1. The lowest BCUT2D eigenvalue weighted by atomic mass is 10.1. The van der Waals surface area contributed by atoms with Gasteiger partial charge in [-0.1, -0.05) is 6.07 Å². The number of phenols is 1. The minimum atomic E-state index is 0.229. The molecule has 2 N–H and O–H groups in total. The monoisotopic (exact) mass is 191 g/mol. The summed E-state index contributed by atoms with van der Waals surface area (Å²) in [7, 11) is 0. The van der Waals surface area contributed by atoms with E-state index in [-0.39, 0.29) is 5.75 Å².